The normalized spacial score (nSPS) is 11.1. The van der Waals surface area contributed by atoms with Gasteiger partial charge in [0.2, 0.25) is 0 Å². The number of hydrogen-bond acceptors (Lipinski definition) is 0. The molecule has 96 valence electrons. The minimum atomic E-state index is 0.211. The highest BCUT2D eigenvalue weighted by Crippen LogP contribution is 2.33. The van der Waals surface area contributed by atoms with Gasteiger partial charge in [-0.15, -0.1) is 0 Å². The lowest BCUT2D eigenvalue weighted by atomic mass is 9.89. The van der Waals surface area contributed by atoms with Crippen LogP contribution in [0.2, 0.25) is 0 Å². The van der Waals surface area contributed by atoms with Crippen molar-refractivity contribution in [3.63, 3.8) is 0 Å². The molecule has 0 aliphatic carbocycles. The van der Waals surface area contributed by atoms with Crippen molar-refractivity contribution in [1.82, 2.24) is 9.97 Å². The molecule has 0 atom stereocenters. The van der Waals surface area contributed by atoms with Gasteiger partial charge in [-0.2, -0.15) is 0 Å². The van der Waals surface area contributed by atoms with Crippen LogP contribution in [-0.2, 0) is 0 Å². The fourth-order valence-electron chi connectivity index (χ4n) is 2.47. The van der Waals surface area contributed by atoms with E-state index in [1.165, 1.54) is 22.5 Å². The van der Waals surface area contributed by atoms with Crippen molar-refractivity contribution in [3.05, 3.63) is 81.8 Å². The summed E-state index contributed by atoms with van der Waals surface area (Å²) in [6.45, 7) is 2.15. The molecule has 0 aliphatic rings. The minimum absolute atomic E-state index is 0.211. The Bertz CT molecular complexity index is 620. The summed E-state index contributed by atoms with van der Waals surface area (Å²) in [5.74, 6) is 0.211. The molecule has 0 radical (unpaired) electrons. The zero-order valence-corrected chi connectivity index (χ0v) is 12.2. The number of aromatic nitrogens is 2. The van der Waals surface area contributed by atoms with E-state index in [4.69, 9.17) is 0 Å². The Labute approximate surface area is 121 Å². The average molecular weight is 315 g/mol. The maximum atomic E-state index is 3.57. The third-order valence-corrected chi connectivity index (χ3v) is 3.91. The maximum absolute atomic E-state index is 3.57. The molecule has 2 aromatic heterocycles. The summed E-state index contributed by atoms with van der Waals surface area (Å²) in [6.07, 6.45) is 3.94. The Morgan fingerprint density at radius 2 is 1.58 bits per heavy atom. The smallest absolute Gasteiger partial charge is 0.0644 e. The fourth-order valence-corrected chi connectivity index (χ4v) is 2.85. The van der Waals surface area contributed by atoms with Gasteiger partial charge in [-0.3, -0.25) is 0 Å². The van der Waals surface area contributed by atoms with Crippen LogP contribution in [0, 0.1) is 6.92 Å². The molecule has 3 aromatic rings. The lowest BCUT2D eigenvalue weighted by molar-refractivity contribution is 0.887. The van der Waals surface area contributed by atoms with Crippen molar-refractivity contribution in [1.29, 1.82) is 0 Å². The van der Waals surface area contributed by atoms with Crippen LogP contribution in [0.25, 0.3) is 0 Å². The van der Waals surface area contributed by atoms with Gasteiger partial charge < -0.3 is 9.97 Å². The predicted molar refractivity (Wildman–Crippen MR) is 81.4 cm³/mol. The van der Waals surface area contributed by atoms with E-state index in [1.807, 2.05) is 24.5 Å². The highest BCUT2D eigenvalue weighted by molar-refractivity contribution is 9.10. The molecule has 3 heteroatoms. The summed E-state index contributed by atoms with van der Waals surface area (Å²) >= 11 is 3.57. The number of benzene rings is 1. The molecule has 2 heterocycles. The SMILES string of the molecule is Cc1ccc(Br)cc1C(c1ccc[nH]1)c1ccc[nH]1. The lowest BCUT2D eigenvalue weighted by Crippen LogP contribution is -2.06. The molecule has 0 saturated heterocycles. The molecular weight excluding hydrogens is 300 g/mol. The monoisotopic (exact) mass is 314 g/mol. The number of hydrogen-bond donors (Lipinski definition) is 2. The molecule has 0 aliphatic heterocycles. The summed E-state index contributed by atoms with van der Waals surface area (Å²) in [7, 11) is 0. The van der Waals surface area contributed by atoms with E-state index in [0.29, 0.717) is 0 Å². The van der Waals surface area contributed by atoms with Crippen LogP contribution >= 0.6 is 15.9 Å². The van der Waals surface area contributed by atoms with Gasteiger partial charge in [-0.1, -0.05) is 22.0 Å². The molecule has 0 fully saturated rings. The van der Waals surface area contributed by atoms with Crippen molar-refractivity contribution in [2.45, 2.75) is 12.8 Å². The molecule has 0 saturated carbocycles. The fraction of sp³-hybridized carbons (Fsp3) is 0.125. The highest BCUT2D eigenvalue weighted by atomic mass is 79.9. The molecule has 0 amide bonds. The van der Waals surface area contributed by atoms with E-state index in [0.717, 1.165) is 4.47 Å². The Hall–Kier alpha value is -1.74. The number of rotatable bonds is 3. The first-order valence-electron chi connectivity index (χ1n) is 6.28. The van der Waals surface area contributed by atoms with Gasteiger partial charge in [-0.25, -0.2) is 0 Å². The van der Waals surface area contributed by atoms with Crippen molar-refractivity contribution in [2.24, 2.45) is 0 Å². The molecule has 0 spiro atoms. The van der Waals surface area contributed by atoms with E-state index in [9.17, 15) is 0 Å². The van der Waals surface area contributed by atoms with Gasteiger partial charge in [0.25, 0.3) is 0 Å². The van der Waals surface area contributed by atoms with Crippen LogP contribution in [0.5, 0.6) is 0 Å². The average Bonchev–Trinajstić information content (AvgIpc) is 3.07. The molecule has 0 unspecified atom stereocenters. The third-order valence-electron chi connectivity index (χ3n) is 3.42. The second kappa shape index (κ2) is 5.10. The van der Waals surface area contributed by atoms with Crippen molar-refractivity contribution < 1.29 is 0 Å². The van der Waals surface area contributed by atoms with Gasteiger partial charge in [0.1, 0.15) is 0 Å². The topological polar surface area (TPSA) is 31.6 Å². The summed E-state index contributed by atoms with van der Waals surface area (Å²) in [6, 6.07) is 14.8. The van der Waals surface area contributed by atoms with Crippen LogP contribution in [0.15, 0.2) is 59.3 Å². The van der Waals surface area contributed by atoms with Crippen molar-refractivity contribution in [3.8, 4) is 0 Å². The van der Waals surface area contributed by atoms with Crippen molar-refractivity contribution in [2.75, 3.05) is 0 Å². The molecule has 1 aromatic carbocycles. The summed E-state index contributed by atoms with van der Waals surface area (Å²) in [5.41, 5.74) is 4.99. The lowest BCUT2D eigenvalue weighted by Gasteiger charge is -2.18. The molecular formula is C16H15BrN2. The maximum Gasteiger partial charge on any atom is 0.0644 e. The number of aryl methyl sites for hydroxylation is 1. The standard InChI is InChI=1S/C16H15BrN2/c1-11-6-7-12(17)10-13(11)16(14-4-2-8-18-14)15-5-3-9-19-15/h2-10,16,18-19H,1H3. The molecule has 2 nitrogen and oxygen atoms in total. The Balaban J connectivity index is 2.17. The van der Waals surface area contributed by atoms with E-state index in [-0.39, 0.29) is 5.92 Å². The molecule has 19 heavy (non-hydrogen) atoms. The van der Waals surface area contributed by atoms with E-state index >= 15 is 0 Å². The highest BCUT2D eigenvalue weighted by Gasteiger charge is 2.20. The number of aromatic amines is 2. The second-order valence-corrected chi connectivity index (χ2v) is 5.60. The van der Waals surface area contributed by atoms with Crippen LogP contribution in [0.3, 0.4) is 0 Å². The Kier molecular flexibility index (Phi) is 3.30. The van der Waals surface area contributed by atoms with E-state index < -0.39 is 0 Å². The van der Waals surface area contributed by atoms with E-state index in [1.54, 1.807) is 0 Å². The Morgan fingerprint density at radius 3 is 2.11 bits per heavy atom. The Morgan fingerprint density at radius 1 is 0.947 bits per heavy atom. The van der Waals surface area contributed by atoms with Gasteiger partial charge in [0.15, 0.2) is 0 Å². The van der Waals surface area contributed by atoms with Crippen LogP contribution in [0.4, 0.5) is 0 Å². The molecule has 0 bridgehead atoms. The zero-order chi connectivity index (χ0) is 13.2. The first-order chi connectivity index (χ1) is 9.25. The number of H-pyrrole nitrogens is 2. The number of nitrogens with one attached hydrogen (secondary N) is 2. The van der Waals surface area contributed by atoms with Gasteiger partial charge in [-0.05, 0) is 54.4 Å². The first kappa shape index (κ1) is 12.3. The second-order valence-electron chi connectivity index (χ2n) is 4.68. The van der Waals surface area contributed by atoms with Crippen molar-refractivity contribution >= 4 is 15.9 Å². The molecule has 2 N–H and O–H groups in total. The largest absolute Gasteiger partial charge is 0.364 e. The van der Waals surface area contributed by atoms with E-state index in [2.05, 4.69) is 63.2 Å². The van der Waals surface area contributed by atoms with Crippen LogP contribution in [0.1, 0.15) is 28.4 Å². The zero-order valence-electron chi connectivity index (χ0n) is 10.7. The van der Waals surface area contributed by atoms with Gasteiger partial charge in [0, 0.05) is 28.3 Å². The summed E-state index contributed by atoms with van der Waals surface area (Å²) in [5, 5.41) is 0. The van der Waals surface area contributed by atoms with Gasteiger partial charge >= 0.3 is 0 Å². The minimum Gasteiger partial charge on any atom is -0.364 e. The quantitative estimate of drug-likeness (QED) is 0.708. The van der Waals surface area contributed by atoms with Gasteiger partial charge in [0.05, 0.1) is 5.92 Å². The van der Waals surface area contributed by atoms with Crippen LogP contribution in [-0.4, -0.2) is 9.97 Å². The third kappa shape index (κ3) is 2.38. The molecule has 3 rings (SSSR count). The summed E-state index contributed by atoms with van der Waals surface area (Å²) < 4.78 is 1.11. The summed E-state index contributed by atoms with van der Waals surface area (Å²) in [4.78, 5) is 6.67. The van der Waals surface area contributed by atoms with Crippen LogP contribution < -0.4 is 0 Å². The first-order valence-corrected chi connectivity index (χ1v) is 7.07. The number of halogens is 1. The predicted octanol–water partition coefficient (Wildman–Crippen LogP) is 4.59.